The molecule has 2 aromatic heterocycles. The van der Waals surface area contributed by atoms with Gasteiger partial charge in [0.15, 0.2) is 0 Å². The third-order valence-corrected chi connectivity index (χ3v) is 6.02. The minimum atomic E-state index is -0.544. The summed E-state index contributed by atoms with van der Waals surface area (Å²) in [6.45, 7) is 2.52. The zero-order valence-electron chi connectivity index (χ0n) is 18.2. The van der Waals surface area contributed by atoms with Gasteiger partial charge in [-0.15, -0.1) is 0 Å². The molecule has 0 radical (unpaired) electrons. The van der Waals surface area contributed by atoms with Crippen LogP contribution in [0.25, 0.3) is 11.3 Å². The van der Waals surface area contributed by atoms with Crippen LogP contribution in [0.5, 0.6) is 5.75 Å². The number of nitrogens with zero attached hydrogens (tertiary/aromatic N) is 4. The normalized spacial score (nSPS) is 17.6. The highest BCUT2D eigenvalue weighted by Gasteiger charge is 2.35. The lowest BCUT2D eigenvalue weighted by molar-refractivity contribution is -0.118. The SMILES string of the molecule is COc1cccc(F)c1-c1nccc2c1CN(c1cc(C)cc(N3CC[C@H](N)C3=O)n1)C2=O. The van der Waals surface area contributed by atoms with E-state index >= 15 is 0 Å². The first kappa shape index (κ1) is 21.0. The van der Waals surface area contributed by atoms with Gasteiger partial charge in [0.2, 0.25) is 5.91 Å². The fourth-order valence-electron chi connectivity index (χ4n) is 4.37. The highest BCUT2D eigenvalue weighted by molar-refractivity contribution is 6.11. The summed E-state index contributed by atoms with van der Waals surface area (Å²) in [7, 11) is 1.46. The molecule has 168 valence electrons. The molecule has 4 heterocycles. The molecule has 2 N–H and O–H groups in total. The number of halogens is 1. The number of nitrogens with two attached hydrogens (primary N) is 1. The second-order valence-corrected chi connectivity index (χ2v) is 8.14. The van der Waals surface area contributed by atoms with E-state index in [0.717, 1.165) is 5.56 Å². The number of aryl methyl sites for hydroxylation is 1. The molecule has 1 saturated heterocycles. The topological polar surface area (TPSA) is 102 Å². The Labute approximate surface area is 189 Å². The second kappa shape index (κ2) is 7.93. The number of anilines is 2. The molecule has 33 heavy (non-hydrogen) atoms. The number of benzene rings is 1. The van der Waals surface area contributed by atoms with E-state index in [-0.39, 0.29) is 23.9 Å². The first-order valence-corrected chi connectivity index (χ1v) is 10.6. The molecule has 5 rings (SSSR count). The maximum Gasteiger partial charge on any atom is 0.260 e. The van der Waals surface area contributed by atoms with E-state index in [1.807, 2.05) is 6.92 Å². The Bertz CT molecular complexity index is 1300. The molecule has 1 aromatic carbocycles. The minimum Gasteiger partial charge on any atom is -0.496 e. The van der Waals surface area contributed by atoms with Gasteiger partial charge < -0.3 is 10.5 Å². The third kappa shape index (κ3) is 3.41. The molecular formula is C24H22FN5O3. The average Bonchev–Trinajstić information content (AvgIpc) is 3.32. The van der Waals surface area contributed by atoms with Gasteiger partial charge in [0.05, 0.1) is 31.0 Å². The van der Waals surface area contributed by atoms with Crippen LogP contribution in [0.2, 0.25) is 0 Å². The third-order valence-electron chi connectivity index (χ3n) is 6.02. The number of aromatic nitrogens is 2. The highest BCUT2D eigenvalue weighted by Crippen LogP contribution is 2.39. The predicted molar refractivity (Wildman–Crippen MR) is 121 cm³/mol. The van der Waals surface area contributed by atoms with Crippen LogP contribution in [0.1, 0.15) is 27.9 Å². The van der Waals surface area contributed by atoms with Crippen molar-refractivity contribution >= 4 is 23.5 Å². The lowest BCUT2D eigenvalue weighted by atomic mass is 10.0. The molecule has 0 unspecified atom stereocenters. The quantitative estimate of drug-likeness (QED) is 0.660. The first-order chi connectivity index (χ1) is 15.9. The number of carbonyl (C=O) groups excluding carboxylic acids is 2. The molecule has 8 nitrogen and oxygen atoms in total. The summed E-state index contributed by atoms with van der Waals surface area (Å²) in [6, 6.07) is 9.20. The molecule has 0 aliphatic carbocycles. The zero-order valence-corrected chi connectivity index (χ0v) is 18.2. The Hall–Kier alpha value is -3.85. The van der Waals surface area contributed by atoms with Gasteiger partial charge in [0.1, 0.15) is 23.2 Å². The largest absolute Gasteiger partial charge is 0.496 e. The second-order valence-electron chi connectivity index (χ2n) is 8.14. The number of carbonyl (C=O) groups is 2. The molecule has 2 aliphatic rings. The van der Waals surface area contributed by atoms with Crippen molar-refractivity contribution < 1.29 is 18.7 Å². The van der Waals surface area contributed by atoms with Gasteiger partial charge in [-0.3, -0.25) is 24.4 Å². The van der Waals surface area contributed by atoms with Crippen LogP contribution in [0.3, 0.4) is 0 Å². The number of amides is 2. The Balaban J connectivity index is 1.56. The summed E-state index contributed by atoms with van der Waals surface area (Å²) < 4.78 is 20.1. The van der Waals surface area contributed by atoms with Crippen molar-refractivity contribution in [2.24, 2.45) is 5.73 Å². The molecule has 0 saturated carbocycles. The molecule has 1 atom stereocenters. The van der Waals surface area contributed by atoms with Crippen molar-refractivity contribution in [2.75, 3.05) is 23.5 Å². The van der Waals surface area contributed by atoms with Gasteiger partial charge in [-0.05, 0) is 49.2 Å². The monoisotopic (exact) mass is 447 g/mol. The lowest BCUT2D eigenvalue weighted by Crippen LogP contribution is -2.35. The van der Waals surface area contributed by atoms with Crippen LogP contribution in [-0.4, -0.2) is 41.5 Å². The lowest BCUT2D eigenvalue weighted by Gasteiger charge is -2.20. The summed E-state index contributed by atoms with van der Waals surface area (Å²) in [5, 5.41) is 0. The van der Waals surface area contributed by atoms with Crippen molar-refractivity contribution in [3.05, 3.63) is 65.1 Å². The number of hydrogen-bond acceptors (Lipinski definition) is 6. The summed E-state index contributed by atoms with van der Waals surface area (Å²) >= 11 is 0. The summed E-state index contributed by atoms with van der Waals surface area (Å²) in [6.07, 6.45) is 2.04. The molecule has 3 aromatic rings. The molecule has 1 fully saturated rings. The van der Waals surface area contributed by atoms with Crippen LogP contribution in [0.15, 0.2) is 42.6 Å². The van der Waals surface area contributed by atoms with Gasteiger partial charge in [-0.25, -0.2) is 9.37 Å². The summed E-state index contributed by atoms with van der Waals surface area (Å²) in [5.74, 6) is 0.264. The van der Waals surface area contributed by atoms with Crippen LogP contribution in [0, 0.1) is 12.7 Å². The first-order valence-electron chi connectivity index (χ1n) is 10.6. The van der Waals surface area contributed by atoms with E-state index < -0.39 is 11.9 Å². The maximum atomic E-state index is 14.8. The zero-order chi connectivity index (χ0) is 23.3. The molecule has 2 aliphatic heterocycles. The van der Waals surface area contributed by atoms with Gasteiger partial charge in [0.25, 0.3) is 5.91 Å². The van der Waals surface area contributed by atoms with Crippen molar-refractivity contribution in [2.45, 2.75) is 25.9 Å². The Kier molecular flexibility index (Phi) is 5.05. The van der Waals surface area contributed by atoms with Crippen LogP contribution in [-0.2, 0) is 11.3 Å². The van der Waals surface area contributed by atoms with E-state index in [1.54, 1.807) is 35.2 Å². The number of pyridine rings is 2. The highest BCUT2D eigenvalue weighted by atomic mass is 19.1. The fraction of sp³-hybridized carbons (Fsp3) is 0.250. The van der Waals surface area contributed by atoms with Crippen LogP contribution in [0.4, 0.5) is 16.0 Å². The molecule has 9 heteroatoms. The summed E-state index contributed by atoms with van der Waals surface area (Å²) in [5.41, 5.74) is 8.29. The van der Waals surface area contributed by atoms with E-state index in [0.29, 0.717) is 47.2 Å². The van der Waals surface area contributed by atoms with Gasteiger partial charge in [0, 0.05) is 23.9 Å². The van der Waals surface area contributed by atoms with Gasteiger partial charge >= 0.3 is 0 Å². The Morgan fingerprint density at radius 3 is 2.61 bits per heavy atom. The Morgan fingerprint density at radius 1 is 1.15 bits per heavy atom. The summed E-state index contributed by atoms with van der Waals surface area (Å²) in [4.78, 5) is 37.8. The minimum absolute atomic E-state index is 0.165. The smallest absolute Gasteiger partial charge is 0.260 e. The van der Waals surface area contributed by atoms with Gasteiger partial charge in [-0.1, -0.05) is 6.07 Å². The molecular weight excluding hydrogens is 425 g/mol. The fourth-order valence-corrected chi connectivity index (χ4v) is 4.37. The number of fused-ring (bicyclic) bond motifs is 1. The standard InChI is InChI=1S/C24H22FN5O3/c1-13-10-19(29-9-7-17(26)24(29)32)28-20(11-13)30-12-15-14(23(30)31)6-8-27-22(15)21-16(25)4-3-5-18(21)33-2/h3-6,8,10-11,17H,7,9,12,26H2,1-2H3/t17-/m0/s1. The predicted octanol–water partition coefficient (Wildman–Crippen LogP) is 2.82. The van der Waals surface area contributed by atoms with Crippen LogP contribution >= 0.6 is 0 Å². The number of methoxy groups -OCH3 is 1. The maximum absolute atomic E-state index is 14.8. The van der Waals surface area contributed by atoms with E-state index in [1.165, 1.54) is 24.3 Å². The van der Waals surface area contributed by atoms with Crippen molar-refractivity contribution in [3.8, 4) is 17.0 Å². The number of rotatable bonds is 4. The van der Waals surface area contributed by atoms with Crippen molar-refractivity contribution in [1.29, 1.82) is 0 Å². The average molecular weight is 447 g/mol. The van der Waals surface area contributed by atoms with E-state index in [9.17, 15) is 14.0 Å². The van der Waals surface area contributed by atoms with Crippen LogP contribution < -0.4 is 20.3 Å². The van der Waals surface area contributed by atoms with E-state index in [4.69, 9.17) is 10.5 Å². The molecule has 0 spiro atoms. The molecule has 0 bridgehead atoms. The van der Waals surface area contributed by atoms with Gasteiger partial charge in [-0.2, -0.15) is 0 Å². The van der Waals surface area contributed by atoms with Crippen molar-refractivity contribution in [3.63, 3.8) is 0 Å². The van der Waals surface area contributed by atoms with Crippen molar-refractivity contribution in [1.82, 2.24) is 9.97 Å². The van der Waals surface area contributed by atoms with E-state index in [2.05, 4.69) is 9.97 Å². The Morgan fingerprint density at radius 2 is 1.91 bits per heavy atom. The number of hydrogen-bond donors (Lipinski definition) is 1. The number of ether oxygens (including phenoxy) is 1. The molecule has 2 amide bonds.